The number of fused-ring (bicyclic) bond motifs is 1. The zero-order valence-corrected chi connectivity index (χ0v) is 16.9. The number of piperidine rings is 1. The summed E-state index contributed by atoms with van der Waals surface area (Å²) >= 11 is 0. The second kappa shape index (κ2) is 7.85. The second-order valence-electron chi connectivity index (χ2n) is 9.03. The highest BCUT2D eigenvalue weighted by molar-refractivity contribution is 5.68. The van der Waals surface area contributed by atoms with Gasteiger partial charge in [-0.15, -0.1) is 0 Å². The van der Waals surface area contributed by atoms with Gasteiger partial charge in [-0.1, -0.05) is 12.8 Å². The fraction of sp³-hybridized carbons (Fsp3) is 0.950. The van der Waals surface area contributed by atoms with Gasteiger partial charge in [-0.3, -0.25) is 15.1 Å². The van der Waals surface area contributed by atoms with Gasteiger partial charge in [-0.25, -0.2) is 4.79 Å². The molecular formula is C20H36N4O3. The van der Waals surface area contributed by atoms with Crippen LogP contribution >= 0.6 is 0 Å². The van der Waals surface area contributed by atoms with Crippen molar-refractivity contribution in [2.75, 3.05) is 32.8 Å². The fourth-order valence-corrected chi connectivity index (χ4v) is 5.87. The summed E-state index contributed by atoms with van der Waals surface area (Å²) in [4.78, 5) is 18.9. The molecule has 4 fully saturated rings. The highest BCUT2D eigenvalue weighted by Crippen LogP contribution is 2.36. The number of nitrogens with zero attached hydrogens (tertiary/aromatic N) is 3. The normalized spacial score (nSPS) is 38.9. The van der Waals surface area contributed by atoms with E-state index in [0.717, 1.165) is 45.4 Å². The average Bonchev–Trinajstić information content (AvgIpc) is 3.23. The van der Waals surface area contributed by atoms with Gasteiger partial charge in [0.05, 0.1) is 6.61 Å². The Bertz CT molecular complexity index is 539. The molecule has 0 aromatic carbocycles. The number of hydrogen-bond acceptors (Lipinski definition) is 6. The third-order valence-electron chi connectivity index (χ3n) is 7.39. The lowest BCUT2D eigenvalue weighted by molar-refractivity contribution is -0.0521. The van der Waals surface area contributed by atoms with Crippen LogP contribution in [0, 0.1) is 0 Å². The minimum Gasteiger partial charge on any atom is -0.450 e. The predicted molar refractivity (Wildman–Crippen MR) is 103 cm³/mol. The van der Waals surface area contributed by atoms with Crippen molar-refractivity contribution in [3.05, 3.63) is 0 Å². The molecule has 27 heavy (non-hydrogen) atoms. The van der Waals surface area contributed by atoms with Crippen molar-refractivity contribution < 1.29 is 14.6 Å². The number of aliphatic hydroxyl groups excluding tert-OH is 1. The number of rotatable bonds is 3. The van der Waals surface area contributed by atoms with Crippen LogP contribution in [-0.4, -0.2) is 88.7 Å². The Morgan fingerprint density at radius 3 is 2.67 bits per heavy atom. The molecule has 2 unspecified atom stereocenters. The van der Waals surface area contributed by atoms with Gasteiger partial charge in [0.1, 0.15) is 0 Å². The maximum Gasteiger partial charge on any atom is 0.409 e. The Labute approximate surface area is 163 Å². The van der Waals surface area contributed by atoms with Gasteiger partial charge < -0.3 is 14.7 Å². The van der Waals surface area contributed by atoms with Crippen LogP contribution < -0.4 is 5.32 Å². The largest absolute Gasteiger partial charge is 0.450 e. The van der Waals surface area contributed by atoms with Crippen LogP contribution in [0.5, 0.6) is 0 Å². The van der Waals surface area contributed by atoms with Crippen LogP contribution in [0.1, 0.15) is 58.8 Å². The molecule has 1 aliphatic carbocycles. The number of aliphatic hydroxyl groups is 1. The Hall–Kier alpha value is -0.890. The number of ether oxygens (including phenoxy) is 1. The van der Waals surface area contributed by atoms with Gasteiger partial charge in [-0.2, -0.15) is 0 Å². The Kier molecular flexibility index (Phi) is 5.65. The van der Waals surface area contributed by atoms with Gasteiger partial charge in [-0.05, 0) is 46.0 Å². The lowest BCUT2D eigenvalue weighted by Gasteiger charge is -2.46. The van der Waals surface area contributed by atoms with E-state index in [0.29, 0.717) is 24.7 Å². The van der Waals surface area contributed by atoms with Crippen LogP contribution in [-0.2, 0) is 4.74 Å². The predicted octanol–water partition coefficient (Wildman–Crippen LogP) is 1.56. The van der Waals surface area contributed by atoms with E-state index in [1.807, 2.05) is 11.8 Å². The molecule has 4 atom stereocenters. The van der Waals surface area contributed by atoms with E-state index in [9.17, 15) is 9.90 Å². The monoisotopic (exact) mass is 380 g/mol. The number of likely N-dealkylation sites (tertiary alicyclic amines) is 2. The summed E-state index contributed by atoms with van der Waals surface area (Å²) in [5, 5.41) is 14.0. The molecule has 4 rings (SSSR count). The van der Waals surface area contributed by atoms with Crippen molar-refractivity contribution >= 4 is 6.09 Å². The SMILES string of the molecule is CCOC(=O)N1CCC(C)(N2CCC(N3C(O)N[C@H]4CCCC[C@@H]43)CC2)C1. The summed E-state index contributed by atoms with van der Waals surface area (Å²) in [6, 6.07) is 1.44. The quantitative estimate of drug-likeness (QED) is 0.775. The molecule has 0 aromatic rings. The smallest absolute Gasteiger partial charge is 0.409 e. The van der Waals surface area contributed by atoms with Crippen molar-refractivity contribution in [3.8, 4) is 0 Å². The molecule has 0 radical (unpaired) electrons. The van der Waals surface area contributed by atoms with E-state index in [1.54, 1.807) is 0 Å². The van der Waals surface area contributed by atoms with E-state index in [4.69, 9.17) is 4.74 Å². The Morgan fingerprint density at radius 2 is 1.93 bits per heavy atom. The number of hydrogen-bond donors (Lipinski definition) is 2. The lowest BCUT2D eigenvalue weighted by Crippen LogP contribution is -2.57. The minimum atomic E-state index is -0.476. The molecule has 154 valence electrons. The van der Waals surface area contributed by atoms with Crippen LogP contribution in [0.3, 0.4) is 0 Å². The molecule has 4 aliphatic rings. The summed E-state index contributed by atoms with van der Waals surface area (Å²) < 4.78 is 5.18. The Morgan fingerprint density at radius 1 is 1.19 bits per heavy atom. The molecule has 7 nitrogen and oxygen atoms in total. The number of nitrogens with one attached hydrogen (secondary N) is 1. The van der Waals surface area contributed by atoms with E-state index in [2.05, 4.69) is 22.0 Å². The van der Waals surface area contributed by atoms with Gasteiger partial charge >= 0.3 is 6.09 Å². The summed E-state index contributed by atoms with van der Waals surface area (Å²) in [6.07, 6.45) is 7.51. The third kappa shape index (κ3) is 3.71. The first-order valence-corrected chi connectivity index (χ1v) is 10.9. The molecule has 3 aliphatic heterocycles. The summed E-state index contributed by atoms with van der Waals surface area (Å²) in [7, 11) is 0. The molecule has 1 amide bonds. The standard InChI is InChI=1S/C20H36N4O3/c1-3-27-19(26)22-13-10-20(2,14-22)23-11-8-15(9-12-23)24-17-7-5-4-6-16(17)21-18(24)25/h15-18,21,25H,3-14H2,1-2H3/t16-,17-,18?,20?/m0/s1. The van der Waals surface area contributed by atoms with Crippen LogP contribution in [0.25, 0.3) is 0 Å². The molecule has 0 spiro atoms. The number of carbonyl (C=O) groups is 1. The van der Waals surface area contributed by atoms with Crippen LogP contribution in [0.4, 0.5) is 4.79 Å². The van der Waals surface area contributed by atoms with E-state index in [1.165, 1.54) is 25.7 Å². The van der Waals surface area contributed by atoms with E-state index >= 15 is 0 Å². The second-order valence-corrected chi connectivity index (χ2v) is 9.03. The van der Waals surface area contributed by atoms with Crippen molar-refractivity contribution in [3.63, 3.8) is 0 Å². The maximum atomic E-state index is 12.1. The average molecular weight is 381 g/mol. The first kappa shape index (κ1) is 19.4. The first-order chi connectivity index (χ1) is 13.0. The number of amides is 1. The van der Waals surface area contributed by atoms with Gasteiger partial charge in [0.2, 0.25) is 0 Å². The van der Waals surface area contributed by atoms with Gasteiger partial charge in [0.25, 0.3) is 0 Å². The van der Waals surface area contributed by atoms with Crippen LogP contribution in [0.2, 0.25) is 0 Å². The molecule has 2 N–H and O–H groups in total. The molecule has 0 bridgehead atoms. The number of carbonyl (C=O) groups excluding carboxylic acids is 1. The zero-order valence-electron chi connectivity index (χ0n) is 16.9. The summed E-state index contributed by atoms with van der Waals surface area (Å²) in [5.74, 6) is 0. The van der Waals surface area contributed by atoms with Gasteiger partial charge in [0, 0.05) is 49.8 Å². The van der Waals surface area contributed by atoms with E-state index < -0.39 is 6.35 Å². The minimum absolute atomic E-state index is 0.0486. The maximum absolute atomic E-state index is 12.1. The molecule has 1 saturated carbocycles. The topological polar surface area (TPSA) is 68.3 Å². The highest BCUT2D eigenvalue weighted by atomic mass is 16.6. The van der Waals surface area contributed by atoms with Crippen molar-refractivity contribution in [1.82, 2.24) is 20.0 Å². The summed E-state index contributed by atoms with van der Waals surface area (Å²) in [5.41, 5.74) is 0.0486. The molecule has 0 aromatic heterocycles. The Balaban J connectivity index is 1.33. The first-order valence-electron chi connectivity index (χ1n) is 10.9. The molecule has 7 heteroatoms. The molecule has 3 heterocycles. The fourth-order valence-electron chi connectivity index (χ4n) is 5.87. The van der Waals surface area contributed by atoms with Crippen molar-refractivity contribution in [2.45, 2.75) is 88.8 Å². The van der Waals surface area contributed by atoms with Crippen LogP contribution in [0.15, 0.2) is 0 Å². The summed E-state index contributed by atoms with van der Waals surface area (Å²) in [6.45, 7) is 8.21. The molecular weight excluding hydrogens is 344 g/mol. The van der Waals surface area contributed by atoms with Gasteiger partial charge in [0.15, 0.2) is 6.35 Å². The highest BCUT2D eigenvalue weighted by Gasteiger charge is 2.47. The van der Waals surface area contributed by atoms with Crippen molar-refractivity contribution in [1.29, 1.82) is 0 Å². The van der Waals surface area contributed by atoms with E-state index in [-0.39, 0.29) is 11.6 Å². The third-order valence-corrected chi connectivity index (χ3v) is 7.39. The zero-order chi connectivity index (χ0) is 19.0. The van der Waals surface area contributed by atoms with Crippen molar-refractivity contribution in [2.24, 2.45) is 0 Å². The molecule has 3 saturated heterocycles. The lowest BCUT2D eigenvalue weighted by atomic mass is 9.88.